The van der Waals surface area contributed by atoms with E-state index >= 15 is 0 Å². The van der Waals surface area contributed by atoms with Crippen LogP contribution in [0.3, 0.4) is 0 Å². The molecule has 1 aromatic carbocycles. The molecule has 1 nitrogen and oxygen atoms in total. The molecule has 1 rings (SSSR count). The molecule has 1 N–H and O–H groups in total. The van der Waals surface area contributed by atoms with Gasteiger partial charge < -0.3 is 5.32 Å². The Morgan fingerprint density at radius 1 is 1.35 bits per heavy atom. The zero-order valence-electron chi connectivity index (χ0n) is 10.9. The molecule has 0 saturated carbocycles. The van der Waals surface area contributed by atoms with E-state index < -0.39 is 0 Å². The number of hydrogen-bond acceptors (Lipinski definition) is 2. The summed E-state index contributed by atoms with van der Waals surface area (Å²) in [5.41, 5.74) is 1.29. The van der Waals surface area contributed by atoms with Gasteiger partial charge in [-0.15, -0.1) is 0 Å². The van der Waals surface area contributed by atoms with Gasteiger partial charge in [-0.1, -0.05) is 44.5 Å². The molecule has 0 amide bonds. The lowest BCUT2D eigenvalue weighted by Crippen LogP contribution is -2.23. The van der Waals surface area contributed by atoms with E-state index in [0.29, 0.717) is 6.04 Å². The molecular formula is C14H22ClNS. The topological polar surface area (TPSA) is 12.0 Å². The molecule has 0 heterocycles. The van der Waals surface area contributed by atoms with Crippen molar-refractivity contribution in [1.29, 1.82) is 0 Å². The molecule has 0 spiro atoms. The summed E-state index contributed by atoms with van der Waals surface area (Å²) in [7, 11) is 0. The van der Waals surface area contributed by atoms with Gasteiger partial charge in [0.15, 0.2) is 0 Å². The van der Waals surface area contributed by atoms with E-state index in [4.69, 9.17) is 11.6 Å². The Hall–Kier alpha value is -0.180. The van der Waals surface area contributed by atoms with Crippen molar-refractivity contribution in [1.82, 2.24) is 5.32 Å². The quantitative estimate of drug-likeness (QED) is 0.782. The minimum Gasteiger partial charge on any atom is -0.310 e. The highest BCUT2D eigenvalue weighted by Gasteiger charge is 2.12. The van der Waals surface area contributed by atoms with E-state index in [1.807, 2.05) is 23.9 Å². The molecule has 0 bridgehead atoms. The van der Waals surface area contributed by atoms with Gasteiger partial charge in [0.2, 0.25) is 0 Å². The highest BCUT2D eigenvalue weighted by atomic mass is 35.5. The van der Waals surface area contributed by atoms with Crippen molar-refractivity contribution in [2.75, 3.05) is 12.3 Å². The van der Waals surface area contributed by atoms with Crippen molar-refractivity contribution in [2.24, 2.45) is 0 Å². The first kappa shape index (κ1) is 14.9. The normalized spacial score (nSPS) is 14.6. The lowest BCUT2D eigenvalue weighted by Gasteiger charge is -2.20. The van der Waals surface area contributed by atoms with Crippen LogP contribution in [-0.4, -0.2) is 17.5 Å². The van der Waals surface area contributed by atoms with Crippen LogP contribution in [0.15, 0.2) is 24.3 Å². The number of hydrogen-bond donors (Lipinski definition) is 1. The summed E-state index contributed by atoms with van der Waals surface area (Å²) in [5, 5.41) is 5.06. The minimum absolute atomic E-state index is 0.401. The van der Waals surface area contributed by atoms with Crippen molar-refractivity contribution in [2.45, 2.75) is 38.5 Å². The molecule has 0 aromatic heterocycles. The molecule has 17 heavy (non-hydrogen) atoms. The number of rotatable bonds is 7. The molecule has 2 unspecified atom stereocenters. The molecule has 0 aliphatic rings. The third-order valence-electron chi connectivity index (χ3n) is 2.82. The third kappa shape index (κ3) is 5.33. The molecule has 0 aliphatic carbocycles. The Balaban J connectivity index is 2.64. The van der Waals surface area contributed by atoms with Crippen molar-refractivity contribution in [3.63, 3.8) is 0 Å². The maximum absolute atomic E-state index is 6.04. The number of halogens is 1. The fraction of sp³-hybridized carbons (Fsp3) is 0.571. The monoisotopic (exact) mass is 271 g/mol. The number of benzene rings is 1. The van der Waals surface area contributed by atoms with E-state index in [0.717, 1.165) is 22.6 Å². The number of nitrogens with one attached hydrogen (secondary N) is 1. The summed E-state index contributed by atoms with van der Waals surface area (Å²) >= 11 is 8.06. The van der Waals surface area contributed by atoms with E-state index in [1.165, 1.54) is 12.0 Å². The Kier molecular flexibility index (Phi) is 7.02. The van der Waals surface area contributed by atoms with Gasteiger partial charge in [0, 0.05) is 22.1 Å². The van der Waals surface area contributed by atoms with Gasteiger partial charge in [0.25, 0.3) is 0 Å². The Morgan fingerprint density at radius 2 is 2.12 bits per heavy atom. The summed E-state index contributed by atoms with van der Waals surface area (Å²) in [6.45, 7) is 7.65. The zero-order valence-corrected chi connectivity index (χ0v) is 12.4. The van der Waals surface area contributed by atoms with Crippen molar-refractivity contribution in [3.05, 3.63) is 34.9 Å². The Labute approximate surface area is 114 Å². The van der Waals surface area contributed by atoms with E-state index in [-0.39, 0.29) is 0 Å². The molecule has 0 saturated heterocycles. The first-order valence-corrected chi connectivity index (χ1v) is 7.70. The molecule has 1 aromatic rings. The van der Waals surface area contributed by atoms with Crippen LogP contribution in [-0.2, 0) is 0 Å². The molecule has 0 radical (unpaired) electrons. The van der Waals surface area contributed by atoms with Crippen molar-refractivity contribution in [3.8, 4) is 0 Å². The van der Waals surface area contributed by atoms with E-state index in [9.17, 15) is 0 Å². The van der Waals surface area contributed by atoms with Crippen molar-refractivity contribution < 1.29 is 0 Å². The van der Waals surface area contributed by atoms with Crippen LogP contribution < -0.4 is 5.32 Å². The summed E-state index contributed by atoms with van der Waals surface area (Å²) < 4.78 is 0. The summed E-state index contributed by atoms with van der Waals surface area (Å²) in [5.74, 6) is 1.10. The second kappa shape index (κ2) is 8.02. The molecule has 0 aliphatic heterocycles. The molecule has 0 fully saturated rings. The van der Waals surface area contributed by atoms with Crippen LogP contribution in [0.5, 0.6) is 0 Å². The van der Waals surface area contributed by atoms with E-state index in [1.54, 1.807) is 0 Å². The maximum atomic E-state index is 6.04. The molecular weight excluding hydrogens is 250 g/mol. The fourth-order valence-electron chi connectivity index (χ4n) is 1.62. The summed E-state index contributed by atoms with van der Waals surface area (Å²) in [4.78, 5) is 0. The standard InChI is InChI=1S/C14H22ClNS/c1-4-11(3)17-10-14(16-5-2)12-7-6-8-13(15)9-12/h6-9,11,14,16H,4-5,10H2,1-3H3. The smallest absolute Gasteiger partial charge is 0.0412 e. The average Bonchev–Trinajstić information content (AvgIpc) is 2.34. The Morgan fingerprint density at radius 3 is 2.71 bits per heavy atom. The van der Waals surface area contributed by atoms with Gasteiger partial charge in [-0.2, -0.15) is 11.8 Å². The van der Waals surface area contributed by atoms with Gasteiger partial charge in [0.05, 0.1) is 0 Å². The second-order valence-corrected chi connectivity index (χ2v) is 6.13. The summed E-state index contributed by atoms with van der Waals surface area (Å²) in [6.07, 6.45) is 1.22. The lowest BCUT2D eigenvalue weighted by molar-refractivity contribution is 0.605. The van der Waals surface area contributed by atoms with Crippen LogP contribution in [0.1, 0.15) is 38.8 Å². The van der Waals surface area contributed by atoms with Crippen LogP contribution >= 0.6 is 23.4 Å². The van der Waals surface area contributed by atoms with Crippen LogP contribution in [0.4, 0.5) is 0 Å². The van der Waals surface area contributed by atoms with Crippen LogP contribution in [0.25, 0.3) is 0 Å². The van der Waals surface area contributed by atoms with Gasteiger partial charge in [-0.25, -0.2) is 0 Å². The van der Waals surface area contributed by atoms with Gasteiger partial charge in [-0.05, 0) is 30.7 Å². The predicted molar refractivity (Wildman–Crippen MR) is 80.1 cm³/mol. The first-order valence-electron chi connectivity index (χ1n) is 6.27. The maximum Gasteiger partial charge on any atom is 0.0412 e. The molecule has 96 valence electrons. The van der Waals surface area contributed by atoms with Gasteiger partial charge >= 0.3 is 0 Å². The van der Waals surface area contributed by atoms with Crippen LogP contribution in [0, 0.1) is 0 Å². The third-order valence-corrected chi connectivity index (χ3v) is 4.49. The molecule has 2 atom stereocenters. The Bertz CT molecular complexity index is 330. The largest absolute Gasteiger partial charge is 0.310 e. The fourth-order valence-corrected chi connectivity index (χ4v) is 2.89. The van der Waals surface area contributed by atoms with Crippen molar-refractivity contribution >= 4 is 23.4 Å². The summed E-state index contributed by atoms with van der Waals surface area (Å²) in [6, 6.07) is 8.56. The van der Waals surface area contributed by atoms with E-state index in [2.05, 4.69) is 38.2 Å². The SMILES string of the molecule is CCNC(CSC(C)CC)c1cccc(Cl)c1. The average molecular weight is 272 g/mol. The number of thioether (sulfide) groups is 1. The zero-order chi connectivity index (χ0) is 12.7. The van der Waals surface area contributed by atoms with Gasteiger partial charge in [-0.3, -0.25) is 0 Å². The lowest BCUT2D eigenvalue weighted by atomic mass is 10.1. The highest BCUT2D eigenvalue weighted by Crippen LogP contribution is 2.24. The molecule has 3 heteroatoms. The minimum atomic E-state index is 0.401. The second-order valence-electron chi connectivity index (χ2n) is 4.22. The van der Waals surface area contributed by atoms with Crippen LogP contribution in [0.2, 0.25) is 5.02 Å². The highest BCUT2D eigenvalue weighted by molar-refractivity contribution is 7.99. The first-order chi connectivity index (χ1) is 8.17. The predicted octanol–water partition coefficient (Wildman–Crippen LogP) is 4.52. The van der Waals surface area contributed by atoms with Gasteiger partial charge in [0.1, 0.15) is 0 Å².